The zero-order valence-electron chi connectivity index (χ0n) is 13.1. The molecule has 0 saturated carbocycles. The van der Waals surface area contributed by atoms with Crippen LogP contribution in [0.5, 0.6) is 0 Å². The fraction of sp³-hybridized carbons (Fsp3) is 0.0526. The SMILES string of the molecule is Cc1cc(Br)ccc1Nc1ccc(C(=O)Nc2ccccc2)nc1. The number of benzene rings is 2. The van der Waals surface area contributed by atoms with E-state index in [0.29, 0.717) is 5.69 Å². The molecule has 120 valence electrons. The Morgan fingerprint density at radius 2 is 1.79 bits per heavy atom. The lowest BCUT2D eigenvalue weighted by molar-refractivity contribution is 0.102. The molecule has 2 aromatic carbocycles. The summed E-state index contributed by atoms with van der Waals surface area (Å²) in [7, 11) is 0. The lowest BCUT2D eigenvalue weighted by Crippen LogP contribution is -2.13. The zero-order chi connectivity index (χ0) is 16.9. The van der Waals surface area contributed by atoms with E-state index < -0.39 is 0 Å². The summed E-state index contributed by atoms with van der Waals surface area (Å²) in [6, 6.07) is 18.9. The molecule has 0 spiro atoms. The minimum atomic E-state index is -0.229. The quantitative estimate of drug-likeness (QED) is 0.656. The molecule has 0 bridgehead atoms. The number of aromatic nitrogens is 1. The van der Waals surface area contributed by atoms with Gasteiger partial charge in [-0.25, -0.2) is 4.98 Å². The summed E-state index contributed by atoms with van der Waals surface area (Å²) in [4.78, 5) is 16.4. The van der Waals surface area contributed by atoms with Gasteiger partial charge in [0.1, 0.15) is 5.69 Å². The summed E-state index contributed by atoms with van der Waals surface area (Å²) in [6.45, 7) is 2.03. The molecule has 3 rings (SSSR count). The molecule has 0 unspecified atom stereocenters. The molecule has 24 heavy (non-hydrogen) atoms. The maximum absolute atomic E-state index is 12.2. The molecule has 0 aliphatic carbocycles. The number of anilines is 3. The maximum Gasteiger partial charge on any atom is 0.274 e. The summed E-state index contributed by atoms with van der Waals surface area (Å²) in [5, 5.41) is 6.12. The summed E-state index contributed by atoms with van der Waals surface area (Å²) >= 11 is 3.45. The highest BCUT2D eigenvalue weighted by molar-refractivity contribution is 9.10. The second-order valence-corrected chi connectivity index (χ2v) is 6.25. The van der Waals surface area contributed by atoms with E-state index in [-0.39, 0.29) is 5.91 Å². The fourth-order valence-electron chi connectivity index (χ4n) is 2.24. The highest BCUT2D eigenvalue weighted by Gasteiger charge is 2.08. The molecule has 1 heterocycles. The predicted octanol–water partition coefficient (Wildman–Crippen LogP) is 5.15. The van der Waals surface area contributed by atoms with Crippen molar-refractivity contribution in [3.05, 3.63) is 82.6 Å². The van der Waals surface area contributed by atoms with Crippen LogP contribution >= 0.6 is 15.9 Å². The van der Waals surface area contributed by atoms with E-state index in [1.807, 2.05) is 61.5 Å². The number of nitrogens with zero attached hydrogens (tertiary/aromatic N) is 1. The van der Waals surface area contributed by atoms with Crippen molar-refractivity contribution in [2.24, 2.45) is 0 Å². The molecule has 3 aromatic rings. The van der Waals surface area contributed by atoms with Crippen molar-refractivity contribution in [3.8, 4) is 0 Å². The Morgan fingerprint density at radius 1 is 1.00 bits per heavy atom. The molecule has 0 aliphatic rings. The molecule has 0 radical (unpaired) electrons. The van der Waals surface area contributed by atoms with Crippen LogP contribution in [0.15, 0.2) is 71.3 Å². The van der Waals surface area contributed by atoms with Gasteiger partial charge in [-0.05, 0) is 55.0 Å². The third-order valence-corrected chi connectivity index (χ3v) is 3.99. The summed E-state index contributed by atoms with van der Waals surface area (Å²) in [6.07, 6.45) is 1.65. The minimum Gasteiger partial charge on any atom is -0.354 e. The van der Waals surface area contributed by atoms with Crippen LogP contribution in [-0.2, 0) is 0 Å². The van der Waals surface area contributed by atoms with Gasteiger partial charge in [0.25, 0.3) is 5.91 Å². The molecular weight excluding hydrogens is 366 g/mol. The van der Waals surface area contributed by atoms with Gasteiger partial charge < -0.3 is 10.6 Å². The van der Waals surface area contributed by atoms with Crippen LogP contribution < -0.4 is 10.6 Å². The van der Waals surface area contributed by atoms with E-state index in [1.165, 1.54) is 0 Å². The molecule has 2 N–H and O–H groups in total. The molecule has 1 aromatic heterocycles. The van der Waals surface area contributed by atoms with Crippen molar-refractivity contribution in [3.63, 3.8) is 0 Å². The van der Waals surface area contributed by atoms with Crippen molar-refractivity contribution in [2.45, 2.75) is 6.92 Å². The number of pyridine rings is 1. The van der Waals surface area contributed by atoms with Crippen LogP contribution in [0.3, 0.4) is 0 Å². The number of rotatable bonds is 4. The van der Waals surface area contributed by atoms with E-state index >= 15 is 0 Å². The van der Waals surface area contributed by atoms with Crippen LogP contribution in [0.1, 0.15) is 16.1 Å². The Labute approximate surface area is 149 Å². The van der Waals surface area contributed by atoms with Gasteiger partial charge in [-0.3, -0.25) is 4.79 Å². The predicted molar refractivity (Wildman–Crippen MR) is 101 cm³/mol. The average Bonchev–Trinajstić information content (AvgIpc) is 2.59. The van der Waals surface area contributed by atoms with E-state index in [2.05, 4.69) is 31.5 Å². The van der Waals surface area contributed by atoms with Crippen LogP contribution in [0.2, 0.25) is 0 Å². The monoisotopic (exact) mass is 381 g/mol. The maximum atomic E-state index is 12.2. The van der Waals surface area contributed by atoms with Crippen molar-refractivity contribution < 1.29 is 4.79 Å². The largest absolute Gasteiger partial charge is 0.354 e. The number of nitrogens with one attached hydrogen (secondary N) is 2. The van der Waals surface area contributed by atoms with Crippen molar-refractivity contribution in [1.82, 2.24) is 4.98 Å². The molecule has 0 fully saturated rings. The minimum absolute atomic E-state index is 0.229. The van der Waals surface area contributed by atoms with Gasteiger partial charge in [0.2, 0.25) is 0 Å². The summed E-state index contributed by atoms with van der Waals surface area (Å²) in [5.41, 5.74) is 4.07. The molecule has 0 atom stereocenters. The first-order chi connectivity index (χ1) is 11.6. The molecular formula is C19H16BrN3O. The number of carbonyl (C=O) groups is 1. The first-order valence-corrected chi connectivity index (χ1v) is 8.27. The first kappa shape index (κ1) is 16.2. The van der Waals surface area contributed by atoms with Crippen molar-refractivity contribution in [2.75, 3.05) is 10.6 Å². The van der Waals surface area contributed by atoms with E-state index in [0.717, 1.165) is 27.1 Å². The number of aryl methyl sites for hydroxylation is 1. The second-order valence-electron chi connectivity index (χ2n) is 5.34. The number of hydrogen-bond acceptors (Lipinski definition) is 3. The topological polar surface area (TPSA) is 54.0 Å². The molecule has 5 heteroatoms. The first-order valence-electron chi connectivity index (χ1n) is 7.47. The Hall–Kier alpha value is -2.66. The smallest absolute Gasteiger partial charge is 0.274 e. The highest BCUT2D eigenvalue weighted by Crippen LogP contribution is 2.23. The van der Waals surface area contributed by atoms with Crippen LogP contribution in [-0.4, -0.2) is 10.9 Å². The third-order valence-electron chi connectivity index (χ3n) is 3.50. The van der Waals surface area contributed by atoms with Gasteiger partial charge >= 0.3 is 0 Å². The number of halogens is 1. The van der Waals surface area contributed by atoms with Gasteiger partial charge in [0.05, 0.1) is 11.9 Å². The molecule has 0 aliphatic heterocycles. The molecule has 0 saturated heterocycles. The van der Waals surface area contributed by atoms with Gasteiger partial charge in [-0.2, -0.15) is 0 Å². The normalized spacial score (nSPS) is 10.2. The van der Waals surface area contributed by atoms with Gasteiger partial charge in [-0.1, -0.05) is 34.1 Å². The Morgan fingerprint density at radius 3 is 2.46 bits per heavy atom. The zero-order valence-corrected chi connectivity index (χ0v) is 14.7. The summed E-state index contributed by atoms with van der Waals surface area (Å²) in [5.74, 6) is -0.229. The lowest BCUT2D eigenvalue weighted by atomic mass is 10.2. The summed E-state index contributed by atoms with van der Waals surface area (Å²) < 4.78 is 1.04. The standard InChI is InChI=1S/C19H16BrN3O/c1-13-11-14(20)7-9-17(13)22-16-8-10-18(21-12-16)19(24)23-15-5-3-2-4-6-15/h2-12,22H,1H3,(H,23,24). The number of hydrogen-bond donors (Lipinski definition) is 2. The van der Waals surface area contributed by atoms with Gasteiger partial charge in [0, 0.05) is 15.8 Å². The van der Waals surface area contributed by atoms with Crippen molar-refractivity contribution in [1.29, 1.82) is 0 Å². The average molecular weight is 382 g/mol. The number of para-hydroxylation sites is 1. The van der Waals surface area contributed by atoms with Gasteiger partial charge in [0.15, 0.2) is 0 Å². The third kappa shape index (κ3) is 4.00. The van der Waals surface area contributed by atoms with Crippen LogP contribution in [0.25, 0.3) is 0 Å². The van der Waals surface area contributed by atoms with Crippen molar-refractivity contribution >= 4 is 38.9 Å². The highest BCUT2D eigenvalue weighted by atomic mass is 79.9. The van der Waals surface area contributed by atoms with E-state index in [1.54, 1.807) is 12.3 Å². The number of amides is 1. The van der Waals surface area contributed by atoms with Crippen LogP contribution in [0, 0.1) is 6.92 Å². The number of carbonyl (C=O) groups excluding carboxylic acids is 1. The Kier molecular flexibility index (Phi) is 4.91. The molecule has 1 amide bonds. The second kappa shape index (κ2) is 7.27. The van der Waals surface area contributed by atoms with E-state index in [9.17, 15) is 4.79 Å². The Balaban J connectivity index is 1.70. The van der Waals surface area contributed by atoms with Gasteiger partial charge in [-0.15, -0.1) is 0 Å². The van der Waals surface area contributed by atoms with E-state index in [4.69, 9.17) is 0 Å². The fourth-order valence-corrected chi connectivity index (χ4v) is 2.72. The lowest BCUT2D eigenvalue weighted by Gasteiger charge is -2.10. The van der Waals surface area contributed by atoms with Crippen LogP contribution in [0.4, 0.5) is 17.1 Å². The Bertz CT molecular complexity index is 848. The molecule has 4 nitrogen and oxygen atoms in total.